The molecule has 11 heteroatoms. The Morgan fingerprint density at radius 3 is 2.87 bits per heavy atom. The van der Waals surface area contributed by atoms with Crippen molar-refractivity contribution in [3.63, 3.8) is 0 Å². The van der Waals surface area contributed by atoms with E-state index in [0.717, 1.165) is 55.9 Å². The fourth-order valence-electron chi connectivity index (χ4n) is 7.40. The van der Waals surface area contributed by atoms with Crippen molar-refractivity contribution in [3.8, 4) is 5.75 Å². The largest absolute Gasteiger partial charge is 0.490 e. The van der Waals surface area contributed by atoms with Gasteiger partial charge in [0, 0.05) is 36.2 Å². The number of rotatable bonds is 3. The molecule has 1 fully saturated rings. The minimum absolute atomic E-state index is 0.0116. The summed E-state index contributed by atoms with van der Waals surface area (Å²) in [6.45, 7) is 3.79. The Labute approximate surface area is 270 Å². The maximum Gasteiger partial charge on any atom is 0.419 e. The maximum atomic E-state index is 13.8. The predicted octanol–water partition coefficient (Wildman–Crippen LogP) is 6.47. The summed E-state index contributed by atoms with van der Waals surface area (Å²) < 4.78 is 37.8. The number of carbonyl (C=O) groups excluding carboxylic acids is 2. The number of ether oxygens (including phenoxy) is 3. The second-order valence-electron chi connectivity index (χ2n) is 12.6. The van der Waals surface area contributed by atoms with Crippen LogP contribution in [0.4, 0.5) is 10.5 Å². The van der Waals surface area contributed by atoms with Gasteiger partial charge >= 0.3 is 6.09 Å². The number of fused-ring (bicyclic) bond motifs is 4. The smallest absolute Gasteiger partial charge is 0.419 e. The van der Waals surface area contributed by atoms with Crippen molar-refractivity contribution < 1.29 is 28.0 Å². The number of hydrogen-bond acceptors (Lipinski definition) is 7. The van der Waals surface area contributed by atoms with Gasteiger partial charge in [-0.2, -0.15) is 0 Å². The van der Waals surface area contributed by atoms with E-state index in [1.165, 1.54) is 11.1 Å². The fraction of sp³-hybridized carbons (Fsp3) is 0.529. The van der Waals surface area contributed by atoms with Gasteiger partial charge in [-0.3, -0.25) is 4.79 Å². The molecule has 45 heavy (non-hydrogen) atoms. The van der Waals surface area contributed by atoms with Crippen molar-refractivity contribution in [2.75, 3.05) is 44.1 Å². The Balaban J connectivity index is 1.43. The zero-order valence-corrected chi connectivity index (χ0v) is 27.5. The minimum Gasteiger partial charge on any atom is -0.490 e. The standard InChI is InChI=1S/C34H42ClN3O6S/c1-3-43-33(40)37-45(41)17-6-4-5-9-30(42-2)27-13-10-25(27)20-38-21-34(16-7-8-23-18-26(35)12-14-28(23)34)22-44-31-15-11-24(19-29(31)38)32(39)36-45/h5,9,11-12,14-15,18-19,25,27,30H,3-4,6-8,10,13,16-17,20-22H2,1-2H3,(H,36,37,39,40,41)/b9-5+/t25-,27+,30-,34-,45-/m0/s1. The van der Waals surface area contributed by atoms with Crippen LogP contribution in [0.2, 0.25) is 5.02 Å². The number of halogens is 1. The lowest BCUT2D eigenvalue weighted by Crippen LogP contribution is -2.49. The number of benzene rings is 2. The molecule has 2 aromatic rings. The number of anilines is 1. The molecule has 9 nitrogen and oxygen atoms in total. The number of methoxy groups -OCH3 is 1. The Hall–Kier alpha value is -3.08. The molecule has 2 aromatic carbocycles. The Kier molecular flexibility index (Phi) is 9.45. The van der Waals surface area contributed by atoms with Crippen molar-refractivity contribution >= 4 is 39.2 Å². The molecule has 2 bridgehead atoms. The van der Waals surface area contributed by atoms with Gasteiger partial charge in [0.2, 0.25) is 0 Å². The van der Waals surface area contributed by atoms with Crippen LogP contribution in [0.25, 0.3) is 0 Å². The van der Waals surface area contributed by atoms with Gasteiger partial charge in [0.1, 0.15) is 15.7 Å². The summed E-state index contributed by atoms with van der Waals surface area (Å²) in [6.07, 6.45) is 9.49. The van der Waals surface area contributed by atoms with Gasteiger partial charge in [-0.1, -0.05) is 29.8 Å². The van der Waals surface area contributed by atoms with Crippen LogP contribution in [0.5, 0.6) is 5.75 Å². The highest BCUT2D eigenvalue weighted by Gasteiger charge is 2.44. The Morgan fingerprint density at radius 1 is 1.22 bits per heavy atom. The van der Waals surface area contributed by atoms with Crippen LogP contribution in [0.15, 0.2) is 52.9 Å². The van der Waals surface area contributed by atoms with E-state index in [9.17, 15) is 13.8 Å². The van der Waals surface area contributed by atoms with Gasteiger partial charge in [-0.15, -0.1) is 4.36 Å². The van der Waals surface area contributed by atoms with Gasteiger partial charge in [0.15, 0.2) is 0 Å². The third-order valence-electron chi connectivity index (χ3n) is 9.78. The SMILES string of the molecule is CCOC(=O)N[S@@]1(=O)=NC(=O)c2ccc3c(c2)N(C[C@@H]2CC[C@H]2[C@@H](OC)/C=C/CCC1)C[C@@]1(CCCc2cc(Cl)ccc21)CO3. The van der Waals surface area contributed by atoms with E-state index in [-0.39, 0.29) is 23.9 Å². The molecule has 1 spiro atoms. The molecule has 2 heterocycles. The number of aryl methyl sites for hydroxylation is 1. The molecule has 0 radical (unpaired) electrons. The molecule has 1 saturated carbocycles. The van der Waals surface area contributed by atoms with Crippen LogP contribution in [0.3, 0.4) is 0 Å². The summed E-state index contributed by atoms with van der Waals surface area (Å²) in [7, 11) is -1.68. The van der Waals surface area contributed by atoms with Crippen molar-refractivity contribution in [1.82, 2.24) is 4.72 Å². The highest BCUT2D eigenvalue weighted by molar-refractivity contribution is 7.92. The normalized spacial score (nSPS) is 30.4. The highest BCUT2D eigenvalue weighted by Crippen LogP contribution is 2.47. The van der Waals surface area contributed by atoms with E-state index in [1.54, 1.807) is 20.1 Å². The van der Waals surface area contributed by atoms with Gasteiger partial charge in [0.25, 0.3) is 5.91 Å². The molecule has 2 amide bonds. The molecule has 2 aliphatic carbocycles. The van der Waals surface area contributed by atoms with E-state index in [1.807, 2.05) is 24.3 Å². The van der Waals surface area contributed by atoms with Crippen molar-refractivity contribution in [1.29, 1.82) is 0 Å². The van der Waals surface area contributed by atoms with Crippen LogP contribution in [-0.4, -0.2) is 61.5 Å². The lowest BCUT2D eigenvalue weighted by Gasteiger charge is -2.46. The van der Waals surface area contributed by atoms with Crippen molar-refractivity contribution in [2.24, 2.45) is 16.2 Å². The first-order valence-corrected chi connectivity index (χ1v) is 18.0. The number of nitrogens with zero attached hydrogens (tertiary/aromatic N) is 2. The van der Waals surface area contributed by atoms with E-state index in [2.05, 4.69) is 32.2 Å². The molecule has 6 rings (SSSR count). The zero-order chi connectivity index (χ0) is 31.6. The van der Waals surface area contributed by atoms with Crippen molar-refractivity contribution in [3.05, 3.63) is 70.3 Å². The lowest BCUT2D eigenvalue weighted by atomic mass is 9.68. The fourth-order valence-corrected chi connectivity index (χ4v) is 9.09. The number of hydrogen-bond donors (Lipinski definition) is 1. The number of carbonyl (C=O) groups is 2. The van der Waals surface area contributed by atoms with Gasteiger partial charge in [-0.25, -0.2) is 13.7 Å². The molecule has 1 N–H and O–H groups in total. The van der Waals surface area contributed by atoms with E-state index in [0.29, 0.717) is 42.6 Å². The molecule has 0 unspecified atom stereocenters. The minimum atomic E-state index is -3.44. The average Bonchev–Trinajstić information content (AvgIpc) is 3.14. The first kappa shape index (κ1) is 31.9. The monoisotopic (exact) mass is 655 g/mol. The summed E-state index contributed by atoms with van der Waals surface area (Å²) in [5, 5.41) is 0.741. The highest BCUT2D eigenvalue weighted by atomic mass is 35.5. The zero-order valence-electron chi connectivity index (χ0n) is 26.0. The van der Waals surface area contributed by atoms with Gasteiger partial charge in [0.05, 0.1) is 30.8 Å². The molecular weight excluding hydrogens is 614 g/mol. The number of amides is 2. The quantitative estimate of drug-likeness (QED) is 0.378. The molecule has 4 aliphatic rings. The van der Waals surface area contributed by atoms with Crippen LogP contribution in [-0.2, 0) is 31.2 Å². The lowest BCUT2D eigenvalue weighted by molar-refractivity contribution is 0.0132. The summed E-state index contributed by atoms with van der Waals surface area (Å²) >= 11 is 6.42. The summed E-state index contributed by atoms with van der Waals surface area (Å²) in [6, 6.07) is 11.5. The second-order valence-corrected chi connectivity index (χ2v) is 15.1. The Bertz CT molecular complexity index is 1600. The molecule has 0 saturated heterocycles. The molecule has 5 atom stereocenters. The summed E-state index contributed by atoms with van der Waals surface area (Å²) in [5.41, 5.74) is 3.41. The first-order valence-electron chi connectivity index (χ1n) is 16.0. The van der Waals surface area contributed by atoms with Gasteiger partial charge in [-0.05, 0) is 105 Å². The molecule has 0 aromatic heterocycles. The van der Waals surface area contributed by atoms with Crippen LogP contribution in [0.1, 0.15) is 66.9 Å². The first-order chi connectivity index (χ1) is 21.7. The third-order valence-corrected chi connectivity index (χ3v) is 11.8. The van der Waals surface area contributed by atoms with Crippen LogP contribution in [0, 0.1) is 11.8 Å². The molecule has 242 valence electrons. The summed E-state index contributed by atoms with van der Waals surface area (Å²) in [5.74, 6) is 0.822. The third kappa shape index (κ3) is 6.74. The topological polar surface area (TPSA) is 107 Å². The van der Waals surface area contributed by atoms with Crippen LogP contribution < -0.4 is 14.4 Å². The van der Waals surface area contributed by atoms with Crippen LogP contribution >= 0.6 is 11.6 Å². The second kappa shape index (κ2) is 13.3. The number of allylic oxidation sites excluding steroid dienone is 1. The predicted molar refractivity (Wildman–Crippen MR) is 176 cm³/mol. The summed E-state index contributed by atoms with van der Waals surface area (Å²) in [4.78, 5) is 28.3. The van der Waals surface area contributed by atoms with E-state index >= 15 is 0 Å². The van der Waals surface area contributed by atoms with Gasteiger partial charge < -0.3 is 19.1 Å². The Morgan fingerprint density at radius 2 is 2.09 bits per heavy atom. The average molecular weight is 656 g/mol. The van der Waals surface area contributed by atoms with E-state index in [4.69, 9.17) is 25.8 Å². The van der Waals surface area contributed by atoms with E-state index < -0.39 is 21.9 Å². The van der Waals surface area contributed by atoms with Crippen molar-refractivity contribution in [2.45, 2.75) is 63.4 Å². The number of nitrogens with one attached hydrogen (secondary N) is 1. The molecule has 2 aliphatic heterocycles. The molecular formula is C34H42ClN3O6S. The maximum absolute atomic E-state index is 13.8.